The zero-order valence-electron chi connectivity index (χ0n) is 26.1. The van der Waals surface area contributed by atoms with E-state index in [-0.39, 0.29) is 37.2 Å². The summed E-state index contributed by atoms with van der Waals surface area (Å²) >= 11 is 0. The second-order valence-electron chi connectivity index (χ2n) is 15.6. The fourth-order valence-electron chi connectivity index (χ4n) is 12.0. The van der Waals surface area contributed by atoms with Crippen LogP contribution < -0.4 is 42.5 Å². The molecule has 5 heterocycles. The Morgan fingerprint density at radius 2 is 0.349 bits per heavy atom. The molecule has 0 amide bonds. The van der Waals surface area contributed by atoms with E-state index < -0.39 is 0 Å². The Morgan fingerprint density at radius 3 is 0.465 bits per heavy atom. The van der Waals surface area contributed by atoms with E-state index in [4.69, 9.17) is 0 Å². The van der Waals surface area contributed by atoms with E-state index >= 15 is 0 Å². The van der Waals surface area contributed by atoms with Crippen LogP contribution >= 0.6 is 0 Å². The maximum absolute atomic E-state index is 4.26. The zero-order valence-corrected chi connectivity index (χ0v) is 28.5. The van der Waals surface area contributed by atoms with E-state index in [2.05, 4.69) is 42.5 Å². The number of fused-ring (bicyclic) bond motifs is 20. The standard InChI is InChI=1S/C32H56N8.2H2O.Zr/c1-2-10-18-17(9-1)25-33-26(18)38-28-21-13-5-6-14-22(21)30(35-28)40-32-24-16-8-7-15-23(24)31(36-32)39-29-20-12-4-3-11-19(20)27(34-29)37-25;;;/h17-40H,1-16H2;2*1H2;. The number of rotatable bonds is 0. The zero-order chi connectivity index (χ0) is 26.2. The van der Waals surface area contributed by atoms with Crippen LogP contribution in [0.15, 0.2) is 0 Å². The third-order valence-electron chi connectivity index (χ3n) is 13.8. The summed E-state index contributed by atoms with van der Waals surface area (Å²) in [4.78, 5) is 0. The normalized spacial score (nSPS) is 53.6. The molecule has 9 aliphatic rings. The number of hydrogen-bond acceptors (Lipinski definition) is 8. The van der Waals surface area contributed by atoms with E-state index in [0.717, 1.165) is 47.3 Å². The second-order valence-corrected chi connectivity index (χ2v) is 15.6. The van der Waals surface area contributed by atoms with Gasteiger partial charge in [0.05, 0.1) is 49.3 Å². The fraction of sp³-hybridized carbons (Fsp3) is 1.00. The largest absolute Gasteiger partial charge is 0.412 e. The summed E-state index contributed by atoms with van der Waals surface area (Å²) in [6.45, 7) is 0. The molecule has 5 aliphatic heterocycles. The van der Waals surface area contributed by atoms with Crippen molar-refractivity contribution in [2.24, 2.45) is 47.3 Å². The third kappa shape index (κ3) is 5.92. The van der Waals surface area contributed by atoms with Crippen LogP contribution in [0.1, 0.15) is 103 Å². The molecule has 0 aromatic rings. The predicted octanol–water partition coefficient (Wildman–Crippen LogP) is 0.954. The molecule has 10 nitrogen and oxygen atoms in total. The monoisotopic (exact) mass is 678 g/mol. The van der Waals surface area contributed by atoms with Crippen molar-refractivity contribution < 1.29 is 37.2 Å². The van der Waals surface area contributed by atoms with Gasteiger partial charge in [0.25, 0.3) is 0 Å². The molecule has 9 fully saturated rings. The van der Waals surface area contributed by atoms with Crippen LogP contribution in [-0.4, -0.2) is 60.3 Å². The molecule has 8 bridgehead atoms. The minimum atomic E-state index is 0. The molecule has 43 heavy (non-hydrogen) atoms. The first-order chi connectivity index (χ1) is 19.8. The summed E-state index contributed by atoms with van der Waals surface area (Å²) in [5.41, 5.74) is 0. The topological polar surface area (TPSA) is 159 Å². The van der Waals surface area contributed by atoms with Gasteiger partial charge < -0.3 is 11.0 Å². The Balaban J connectivity index is 0.00000110. The minimum Gasteiger partial charge on any atom is -0.412 e. The SMILES string of the molecule is C1CCC2C3NC(NC4NC(NC5NC(NC6NC(N3)C3CCCCC63)C3CCCCC53)C3CCCCC43)C2C1.O.O.[Zr]. The first-order valence-corrected chi connectivity index (χ1v) is 17.9. The summed E-state index contributed by atoms with van der Waals surface area (Å²) in [5, 5.41) is 33.8. The maximum Gasteiger partial charge on any atom is 0.0628 e. The molecule has 0 aromatic carbocycles. The average Bonchev–Trinajstić information content (AvgIpc) is 3.73. The summed E-state index contributed by atoms with van der Waals surface area (Å²) in [6.07, 6.45) is 25.6. The number of hydrogen-bond donors (Lipinski definition) is 8. The third-order valence-corrected chi connectivity index (χ3v) is 13.8. The summed E-state index contributed by atoms with van der Waals surface area (Å²) < 4.78 is 0. The van der Waals surface area contributed by atoms with Gasteiger partial charge in [-0.15, -0.1) is 0 Å². The van der Waals surface area contributed by atoms with E-state index in [1.54, 1.807) is 0 Å². The van der Waals surface area contributed by atoms with E-state index in [1.807, 2.05) is 0 Å². The molecule has 11 heteroatoms. The average molecular weight is 680 g/mol. The van der Waals surface area contributed by atoms with Crippen molar-refractivity contribution in [1.29, 1.82) is 0 Å². The Morgan fingerprint density at radius 1 is 0.233 bits per heavy atom. The van der Waals surface area contributed by atoms with Gasteiger partial charge in [-0.3, -0.25) is 42.5 Å². The molecule has 0 spiro atoms. The first kappa shape index (κ1) is 33.4. The van der Waals surface area contributed by atoms with Crippen molar-refractivity contribution in [3.05, 3.63) is 0 Å². The van der Waals surface area contributed by atoms with E-state index in [0.29, 0.717) is 49.3 Å². The van der Waals surface area contributed by atoms with Crippen molar-refractivity contribution in [2.75, 3.05) is 0 Å². The molecule has 8 unspecified atom stereocenters. The van der Waals surface area contributed by atoms with Gasteiger partial charge >= 0.3 is 0 Å². The van der Waals surface area contributed by atoms with Crippen molar-refractivity contribution in [3.63, 3.8) is 0 Å². The summed E-state index contributed by atoms with van der Waals surface area (Å²) in [7, 11) is 0. The van der Waals surface area contributed by atoms with Gasteiger partial charge in [0.15, 0.2) is 0 Å². The van der Waals surface area contributed by atoms with Gasteiger partial charge in [-0.2, -0.15) is 0 Å². The molecule has 4 aliphatic carbocycles. The van der Waals surface area contributed by atoms with Crippen molar-refractivity contribution in [1.82, 2.24) is 42.5 Å². The second kappa shape index (κ2) is 13.9. The molecule has 5 saturated heterocycles. The minimum absolute atomic E-state index is 0. The van der Waals surface area contributed by atoms with Crippen LogP contribution in [-0.2, 0) is 26.2 Å². The van der Waals surface area contributed by atoms with Crippen LogP contribution in [0.2, 0.25) is 0 Å². The maximum atomic E-state index is 4.26. The van der Waals surface area contributed by atoms with E-state index in [1.165, 1.54) is 103 Å². The van der Waals surface area contributed by atoms with E-state index in [9.17, 15) is 0 Å². The molecule has 4 saturated carbocycles. The van der Waals surface area contributed by atoms with Crippen LogP contribution in [0.3, 0.4) is 0 Å². The van der Waals surface area contributed by atoms with Crippen molar-refractivity contribution in [3.8, 4) is 0 Å². The van der Waals surface area contributed by atoms with Crippen LogP contribution in [0, 0.1) is 47.3 Å². The quantitative estimate of drug-likeness (QED) is 0.188. The Bertz CT molecular complexity index is 728. The summed E-state index contributed by atoms with van der Waals surface area (Å²) in [6, 6.07) is 0. The Kier molecular flexibility index (Phi) is 10.8. The summed E-state index contributed by atoms with van der Waals surface area (Å²) in [5.74, 6) is 5.97. The molecule has 244 valence electrons. The first-order valence-electron chi connectivity index (χ1n) is 17.9. The molecular formula is C32H60N8O2Zr. The van der Waals surface area contributed by atoms with Gasteiger partial charge in [0, 0.05) is 26.2 Å². The molecule has 8 atom stereocenters. The molecular weight excluding hydrogens is 620 g/mol. The van der Waals surface area contributed by atoms with Gasteiger partial charge in [-0.1, -0.05) is 51.4 Å². The molecule has 0 aromatic heterocycles. The van der Waals surface area contributed by atoms with Gasteiger partial charge in [-0.25, -0.2) is 0 Å². The Labute approximate surface area is 278 Å². The predicted molar refractivity (Wildman–Crippen MR) is 164 cm³/mol. The molecule has 9 rings (SSSR count). The van der Waals surface area contributed by atoms with Crippen molar-refractivity contribution in [2.45, 2.75) is 152 Å². The molecule has 0 radical (unpaired) electrons. The van der Waals surface area contributed by atoms with Gasteiger partial charge in [-0.05, 0) is 98.7 Å². The number of nitrogens with one attached hydrogen (secondary N) is 8. The van der Waals surface area contributed by atoms with Crippen LogP contribution in [0.25, 0.3) is 0 Å². The molecule has 12 N–H and O–H groups in total. The smallest absolute Gasteiger partial charge is 0.0628 e. The fourth-order valence-corrected chi connectivity index (χ4v) is 12.0. The van der Waals surface area contributed by atoms with Crippen LogP contribution in [0.4, 0.5) is 0 Å². The van der Waals surface area contributed by atoms with Crippen LogP contribution in [0.5, 0.6) is 0 Å². The van der Waals surface area contributed by atoms with Gasteiger partial charge in [0.1, 0.15) is 0 Å². The Hall–Kier alpha value is 0.483. The van der Waals surface area contributed by atoms with Crippen molar-refractivity contribution >= 4 is 0 Å². The van der Waals surface area contributed by atoms with Gasteiger partial charge in [0.2, 0.25) is 0 Å².